The van der Waals surface area contributed by atoms with Gasteiger partial charge in [-0.05, 0) is 30.4 Å². The second-order valence-electron chi connectivity index (χ2n) is 6.17. The van der Waals surface area contributed by atoms with Crippen LogP contribution in [0.3, 0.4) is 0 Å². The zero-order valence-electron chi connectivity index (χ0n) is 13.0. The average molecular weight is 303 g/mol. The number of hydrogen-bond acceptors (Lipinski definition) is 2. The molecule has 22 heavy (non-hydrogen) atoms. The average Bonchev–Trinajstić information content (AvgIpc) is 2.50. The largest absolute Gasteiger partial charge is 0.481 e. The molecule has 1 aromatic rings. The molecule has 2 N–H and O–H groups in total. The zero-order valence-corrected chi connectivity index (χ0v) is 13.0. The maximum Gasteiger partial charge on any atom is 0.307 e. The molecule has 4 heteroatoms. The summed E-state index contributed by atoms with van der Waals surface area (Å²) in [6.45, 7) is 0. The Morgan fingerprint density at radius 2 is 1.86 bits per heavy atom. The van der Waals surface area contributed by atoms with Crippen LogP contribution in [0, 0.1) is 5.92 Å². The van der Waals surface area contributed by atoms with Crippen LogP contribution in [0.5, 0.6) is 0 Å². The van der Waals surface area contributed by atoms with E-state index in [4.69, 9.17) is 5.11 Å². The number of rotatable bonds is 7. The molecule has 0 bridgehead atoms. The number of carboxylic acid groups (broad SMARTS) is 1. The number of carbonyl (C=O) groups excluding carboxylic acids is 1. The van der Waals surface area contributed by atoms with Gasteiger partial charge in [0.2, 0.25) is 5.91 Å². The van der Waals surface area contributed by atoms with E-state index >= 15 is 0 Å². The predicted octanol–water partition coefficient (Wildman–Crippen LogP) is 4.00. The first kappa shape index (κ1) is 16.5. The Morgan fingerprint density at radius 1 is 1.14 bits per heavy atom. The number of carbonyl (C=O) groups is 2. The molecule has 0 aliphatic heterocycles. The van der Waals surface area contributed by atoms with E-state index in [0.717, 1.165) is 18.8 Å². The van der Waals surface area contributed by atoms with E-state index in [-0.39, 0.29) is 12.3 Å². The molecule has 0 spiro atoms. The van der Waals surface area contributed by atoms with Crippen LogP contribution in [0.4, 0.5) is 5.69 Å². The van der Waals surface area contributed by atoms with Crippen LogP contribution in [-0.2, 0) is 16.0 Å². The maximum atomic E-state index is 12.0. The summed E-state index contributed by atoms with van der Waals surface area (Å²) in [5.41, 5.74) is 1.27. The van der Waals surface area contributed by atoms with Gasteiger partial charge in [0.15, 0.2) is 0 Å². The standard InChI is InChI=1S/C18H25NO3/c20-17(12-6-9-14-7-2-1-3-8-14)19-16-11-5-4-10-15(16)13-18(21)22/h4-5,10-11,14H,1-3,6-9,12-13H2,(H,19,20)(H,21,22). The maximum absolute atomic E-state index is 12.0. The topological polar surface area (TPSA) is 66.4 Å². The summed E-state index contributed by atoms with van der Waals surface area (Å²) in [4.78, 5) is 22.9. The van der Waals surface area contributed by atoms with Gasteiger partial charge in [-0.15, -0.1) is 0 Å². The van der Waals surface area contributed by atoms with Gasteiger partial charge in [-0.25, -0.2) is 0 Å². The van der Waals surface area contributed by atoms with E-state index < -0.39 is 5.97 Å². The number of amides is 1. The molecule has 1 saturated carbocycles. The fourth-order valence-corrected chi connectivity index (χ4v) is 3.20. The minimum Gasteiger partial charge on any atom is -0.481 e. The van der Waals surface area contributed by atoms with E-state index in [1.54, 1.807) is 18.2 Å². The Hall–Kier alpha value is -1.84. The van der Waals surface area contributed by atoms with Gasteiger partial charge in [-0.2, -0.15) is 0 Å². The molecule has 0 saturated heterocycles. The van der Waals surface area contributed by atoms with Crippen molar-refractivity contribution in [1.82, 2.24) is 0 Å². The lowest BCUT2D eigenvalue weighted by atomic mass is 9.86. The molecule has 0 atom stereocenters. The summed E-state index contributed by atoms with van der Waals surface area (Å²) < 4.78 is 0. The zero-order chi connectivity index (χ0) is 15.8. The third kappa shape index (κ3) is 5.51. The number of para-hydroxylation sites is 1. The normalized spacial score (nSPS) is 15.5. The number of anilines is 1. The van der Waals surface area contributed by atoms with Gasteiger partial charge in [-0.1, -0.05) is 50.3 Å². The summed E-state index contributed by atoms with van der Waals surface area (Å²) in [6.07, 6.45) is 9.13. The summed E-state index contributed by atoms with van der Waals surface area (Å²) in [7, 11) is 0. The molecule has 1 aliphatic carbocycles. The highest BCUT2D eigenvalue weighted by Crippen LogP contribution is 2.27. The van der Waals surface area contributed by atoms with Crippen molar-refractivity contribution in [2.45, 2.75) is 57.8 Å². The van der Waals surface area contributed by atoms with Crippen molar-refractivity contribution >= 4 is 17.6 Å². The van der Waals surface area contributed by atoms with Crippen LogP contribution < -0.4 is 5.32 Å². The first-order valence-electron chi connectivity index (χ1n) is 8.24. The van der Waals surface area contributed by atoms with Crippen LogP contribution in [-0.4, -0.2) is 17.0 Å². The number of nitrogens with one attached hydrogen (secondary N) is 1. The van der Waals surface area contributed by atoms with Gasteiger partial charge in [0, 0.05) is 12.1 Å². The summed E-state index contributed by atoms with van der Waals surface area (Å²) in [5, 5.41) is 11.7. The molecule has 2 rings (SSSR count). The summed E-state index contributed by atoms with van der Waals surface area (Å²) in [6, 6.07) is 7.10. The van der Waals surface area contributed by atoms with Crippen molar-refractivity contribution in [2.75, 3.05) is 5.32 Å². The monoisotopic (exact) mass is 303 g/mol. The van der Waals surface area contributed by atoms with E-state index in [9.17, 15) is 9.59 Å². The van der Waals surface area contributed by atoms with E-state index in [1.165, 1.54) is 32.1 Å². The first-order valence-corrected chi connectivity index (χ1v) is 8.24. The number of aliphatic carboxylic acids is 1. The lowest BCUT2D eigenvalue weighted by molar-refractivity contribution is -0.136. The molecule has 0 unspecified atom stereocenters. The van der Waals surface area contributed by atoms with Crippen molar-refractivity contribution in [2.24, 2.45) is 5.92 Å². The molecule has 0 radical (unpaired) electrons. The number of benzene rings is 1. The summed E-state index contributed by atoms with van der Waals surface area (Å²) >= 11 is 0. The molecule has 4 nitrogen and oxygen atoms in total. The van der Waals surface area contributed by atoms with Crippen LogP contribution in [0.1, 0.15) is 56.9 Å². The van der Waals surface area contributed by atoms with Gasteiger partial charge in [0.25, 0.3) is 0 Å². The van der Waals surface area contributed by atoms with E-state index in [1.807, 2.05) is 6.07 Å². The molecule has 120 valence electrons. The molecular weight excluding hydrogens is 278 g/mol. The second-order valence-corrected chi connectivity index (χ2v) is 6.17. The fourth-order valence-electron chi connectivity index (χ4n) is 3.20. The Morgan fingerprint density at radius 3 is 2.59 bits per heavy atom. The minimum atomic E-state index is -0.890. The molecule has 0 heterocycles. The highest BCUT2D eigenvalue weighted by atomic mass is 16.4. The van der Waals surface area contributed by atoms with E-state index in [2.05, 4.69) is 5.32 Å². The fraction of sp³-hybridized carbons (Fsp3) is 0.556. The highest BCUT2D eigenvalue weighted by molar-refractivity contribution is 5.92. The minimum absolute atomic E-state index is 0.0198. The number of carboxylic acids is 1. The highest BCUT2D eigenvalue weighted by Gasteiger charge is 2.14. The van der Waals surface area contributed by atoms with Gasteiger partial charge in [-0.3, -0.25) is 9.59 Å². The molecule has 1 fully saturated rings. The lowest BCUT2D eigenvalue weighted by Crippen LogP contribution is -2.15. The lowest BCUT2D eigenvalue weighted by Gasteiger charge is -2.21. The SMILES string of the molecule is O=C(O)Cc1ccccc1NC(=O)CCCC1CCCCC1. The third-order valence-electron chi connectivity index (χ3n) is 4.37. The Bertz CT molecular complexity index is 507. The molecule has 0 aromatic heterocycles. The second kappa shape index (κ2) is 8.57. The van der Waals surface area contributed by atoms with Gasteiger partial charge >= 0.3 is 5.97 Å². The Kier molecular flexibility index (Phi) is 6.44. The van der Waals surface area contributed by atoms with Gasteiger partial charge in [0.1, 0.15) is 0 Å². The van der Waals surface area contributed by atoms with Gasteiger partial charge < -0.3 is 10.4 Å². The van der Waals surface area contributed by atoms with E-state index in [0.29, 0.717) is 17.7 Å². The van der Waals surface area contributed by atoms with Crippen molar-refractivity contribution in [1.29, 1.82) is 0 Å². The molecular formula is C18H25NO3. The van der Waals surface area contributed by atoms with Crippen LogP contribution >= 0.6 is 0 Å². The third-order valence-corrected chi connectivity index (χ3v) is 4.37. The van der Waals surface area contributed by atoms with Gasteiger partial charge in [0.05, 0.1) is 6.42 Å². The smallest absolute Gasteiger partial charge is 0.307 e. The van der Waals surface area contributed by atoms with Crippen molar-refractivity contribution in [3.8, 4) is 0 Å². The molecule has 1 aliphatic rings. The first-order chi connectivity index (χ1) is 10.6. The van der Waals surface area contributed by atoms with Crippen molar-refractivity contribution < 1.29 is 14.7 Å². The molecule has 1 aromatic carbocycles. The predicted molar refractivity (Wildman–Crippen MR) is 86.8 cm³/mol. The van der Waals surface area contributed by atoms with Crippen molar-refractivity contribution in [3.63, 3.8) is 0 Å². The number of hydrogen-bond donors (Lipinski definition) is 2. The Balaban J connectivity index is 1.77. The Labute approximate surface area is 131 Å². The molecule has 1 amide bonds. The quantitative estimate of drug-likeness (QED) is 0.800. The van der Waals surface area contributed by atoms with Crippen molar-refractivity contribution in [3.05, 3.63) is 29.8 Å². The van der Waals surface area contributed by atoms with Crippen LogP contribution in [0.15, 0.2) is 24.3 Å². The van der Waals surface area contributed by atoms with Crippen LogP contribution in [0.2, 0.25) is 0 Å². The summed E-state index contributed by atoms with van der Waals surface area (Å²) in [5.74, 6) is -0.117. The van der Waals surface area contributed by atoms with Crippen LogP contribution in [0.25, 0.3) is 0 Å².